The lowest BCUT2D eigenvalue weighted by Crippen LogP contribution is -1.96. The summed E-state index contributed by atoms with van der Waals surface area (Å²) in [5.41, 5.74) is 12.3. The predicted molar refractivity (Wildman–Crippen MR) is 119 cm³/mol. The van der Waals surface area contributed by atoms with Crippen LogP contribution in [0.15, 0.2) is 79.0 Å². The normalized spacial score (nSPS) is 10.9. The van der Waals surface area contributed by atoms with Crippen LogP contribution in [0.5, 0.6) is 0 Å². The van der Waals surface area contributed by atoms with E-state index in [4.69, 9.17) is 4.98 Å². The molecule has 0 N–H and O–H groups in total. The SMILES string of the molecule is Cc1ccc(-c2cc(C)c(-c3cccnc3-c3ccccc3C)c(C)c2)cc1. The van der Waals surface area contributed by atoms with Gasteiger partial charge in [-0.25, -0.2) is 0 Å². The molecule has 0 saturated heterocycles. The van der Waals surface area contributed by atoms with Crippen molar-refractivity contribution in [1.82, 2.24) is 4.98 Å². The number of rotatable bonds is 3. The number of benzene rings is 3. The summed E-state index contributed by atoms with van der Waals surface area (Å²) in [4.78, 5) is 4.76. The van der Waals surface area contributed by atoms with Crippen LogP contribution in [0.4, 0.5) is 0 Å². The number of nitrogens with zero attached hydrogens (tertiary/aromatic N) is 1. The van der Waals surface area contributed by atoms with Crippen LogP contribution in [0.2, 0.25) is 0 Å². The molecule has 1 nitrogen and oxygen atoms in total. The third-order valence-corrected chi connectivity index (χ3v) is 5.39. The van der Waals surface area contributed by atoms with Gasteiger partial charge in [0.2, 0.25) is 0 Å². The van der Waals surface area contributed by atoms with E-state index in [1.807, 2.05) is 12.3 Å². The van der Waals surface area contributed by atoms with Crippen molar-refractivity contribution in [2.75, 3.05) is 0 Å². The Labute approximate surface area is 167 Å². The first-order valence-corrected chi connectivity index (χ1v) is 9.74. The molecular formula is C27H25N. The highest BCUT2D eigenvalue weighted by Crippen LogP contribution is 2.37. The van der Waals surface area contributed by atoms with E-state index in [2.05, 4.69) is 94.4 Å². The molecule has 0 radical (unpaired) electrons. The fourth-order valence-electron chi connectivity index (χ4n) is 3.96. The van der Waals surface area contributed by atoms with Gasteiger partial charge in [0.25, 0.3) is 0 Å². The van der Waals surface area contributed by atoms with Crippen LogP contribution in [0.25, 0.3) is 33.5 Å². The van der Waals surface area contributed by atoms with Gasteiger partial charge < -0.3 is 0 Å². The number of aromatic nitrogens is 1. The molecule has 0 atom stereocenters. The number of hydrogen-bond acceptors (Lipinski definition) is 1. The lowest BCUT2D eigenvalue weighted by molar-refractivity contribution is 1.29. The smallest absolute Gasteiger partial charge is 0.0783 e. The minimum absolute atomic E-state index is 1.05. The largest absolute Gasteiger partial charge is 0.256 e. The Kier molecular flexibility index (Phi) is 4.83. The average molecular weight is 364 g/mol. The van der Waals surface area contributed by atoms with Gasteiger partial charge in [0.05, 0.1) is 5.69 Å². The fraction of sp³-hybridized carbons (Fsp3) is 0.148. The minimum atomic E-state index is 1.05. The van der Waals surface area contributed by atoms with E-state index in [1.165, 1.54) is 50.1 Å². The molecule has 0 bridgehead atoms. The quantitative estimate of drug-likeness (QED) is 0.372. The number of aryl methyl sites for hydroxylation is 4. The summed E-state index contributed by atoms with van der Waals surface area (Å²) < 4.78 is 0. The van der Waals surface area contributed by atoms with Crippen LogP contribution in [-0.4, -0.2) is 4.98 Å². The molecule has 0 fully saturated rings. The summed E-state index contributed by atoms with van der Waals surface area (Å²) in [6, 6.07) is 26.0. The zero-order valence-electron chi connectivity index (χ0n) is 17.0. The third kappa shape index (κ3) is 3.36. The summed E-state index contributed by atoms with van der Waals surface area (Å²) in [6.45, 7) is 8.68. The molecule has 0 saturated carbocycles. The maximum absolute atomic E-state index is 4.76. The summed E-state index contributed by atoms with van der Waals surface area (Å²) in [6.07, 6.45) is 1.89. The van der Waals surface area contributed by atoms with E-state index < -0.39 is 0 Å². The van der Waals surface area contributed by atoms with Gasteiger partial charge in [-0.05, 0) is 67.1 Å². The van der Waals surface area contributed by atoms with Crippen molar-refractivity contribution in [3.05, 3.63) is 101 Å². The van der Waals surface area contributed by atoms with Crippen molar-refractivity contribution in [3.63, 3.8) is 0 Å². The Morgan fingerprint density at radius 2 is 1.21 bits per heavy atom. The molecule has 0 unspecified atom stereocenters. The van der Waals surface area contributed by atoms with Crippen molar-refractivity contribution in [1.29, 1.82) is 0 Å². The molecule has 1 aromatic heterocycles. The van der Waals surface area contributed by atoms with E-state index in [0.717, 1.165) is 5.69 Å². The van der Waals surface area contributed by atoms with Crippen LogP contribution in [0.1, 0.15) is 22.3 Å². The maximum atomic E-state index is 4.76. The highest BCUT2D eigenvalue weighted by molar-refractivity contribution is 5.86. The minimum Gasteiger partial charge on any atom is -0.256 e. The highest BCUT2D eigenvalue weighted by Gasteiger charge is 2.15. The molecule has 4 rings (SSSR count). The van der Waals surface area contributed by atoms with Gasteiger partial charge in [-0.1, -0.05) is 72.3 Å². The summed E-state index contributed by atoms with van der Waals surface area (Å²) in [5.74, 6) is 0. The van der Waals surface area contributed by atoms with Crippen LogP contribution < -0.4 is 0 Å². The van der Waals surface area contributed by atoms with E-state index in [9.17, 15) is 0 Å². The summed E-state index contributed by atoms with van der Waals surface area (Å²) >= 11 is 0. The fourth-order valence-corrected chi connectivity index (χ4v) is 3.96. The molecule has 0 aliphatic heterocycles. The molecular weight excluding hydrogens is 338 g/mol. The highest BCUT2D eigenvalue weighted by atomic mass is 14.7. The van der Waals surface area contributed by atoms with Crippen LogP contribution in [0.3, 0.4) is 0 Å². The Bertz CT molecular complexity index is 1110. The maximum Gasteiger partial charge on any atom is 0.0783 e. The molecule has 138 valence electrons. The lowest BCUT2D eigenvalue weighted by atomic mass is 9.88. The van der Waals surface area contributed by atoms with Crippen LogP contribution in [-0.2, 0) is 0 Å². The first-order chi connectivity index (χ1) is 13.5. The molecule has 0 amide bonds. The van der Waals surface area contributed by atoms with Crippen molar-refractivity contribution >= 4 is 0 Å². The third-order valence-electron chi connectivity index (χ3n) is 5.39. The standard InChI is InChI=1S/C27H25N/c1-18-11-13-22(14-12-18)23-16-20(3)26(21(4)17-23)25-10-7-15-28-27(25)24-9-6-5-8-19(24)2/h5-17H,1-4H3. The zero-order chi connectivity index (χ0) is 19.7. The van der Waals surface area contributed by atoms with E-state index >= 15 is 0 Å². The molecule has 0 aliphatic carbocycles. The van der Waals surface area contributed by atoms with Gasteiger partial charge in [-0.3, -0.25) is 4.98 Å². The first kappa shape index (κ1) is 18.2. The van der Waals surface area contributed by atoms with Gasteiger partial charge in [-0.2, -0.15) is 0 Å². The van der Waals surface area contributed by atoms with Gasteiger partial charge >= 0.3 is 0 Å². The van der Waals surface area contributed by atoms with Gasteiger partial charge in [-0.15, -0.1) is 0 Å². The average Bonchev–Trinajstić information content (AvgIpc) is 2.69. The molecule has 1 heterocycles. The molecule has 0 spiro atoms. The topological polar surface area (TPSA) is 12.9 Å². The Morgan fingerprint density at radius 1 is 0.571 bits per heavy atom. The van der Waals surface area contributed by atoms with Crippen molar-refractivity contribution in [3.8, 4) is 33.5 Å². The molecule has 3 aromatic carbocycles. The molecule has 28 heavy (non-hydrogen) atoms. The predicted octanol–water partition coefficient (Wildman–Crippen LogP) is 7.32. The Morgan fingerprint density at radius 3 is 1.89 bits per heavy atom. The van der Waals surface area contributed by atoms with Crippen LogP contribution >= 0.6 is 0 Å². The van der Waals surface area contributed by atoms with Gasteiger partial charge in [0.1, 0.15) is 0 Å². The van der Waals surface area contributed by atoms with Crippen molar-refractivity contribution in [2.45, 2.75) is 27.7 Å². The lowest BCUT2D eigenvalue weighted by Gasteiger charge is -2.17. The molecule has 4 aromatic rings. The van der Waals surface area contributed by atoms with E-state index in [1.54, 1.807) is 0 Å². The molecule has 1 heteroatoms. The number of hydrogen-bond donors (Lipinski definition) is 0. The Balaban J connectivity index is 1.88. The first-order valence-electron chi connectivity index (χ1n) is 9.74. The summed E-state index contributed by atoms with van der Waals surface area (Å²) in [5, 5.41) is 0. The van der Waals surface area contributed by atoms with Gasteiger partial charge in [0.15, 0.2) is 0 Å². The van der Waals surface area contributed by atoms with E-state index in [-0.39, 0.29) is 0 Å². The Hall–Kier alpha value is -3.19. The second-order valence-corrected chi connectivity index (χ2v) is 7.57. The van der Waals surface area contributed by atoms with Crippen molar-refractivity contribution in [2.24, 2.45) is 0 Å². The molecule has 0 aliphatic rings. The summed E-state index contributed by atoms with van der Waals surface area (Å²) in [7, 11) is 0. The number of pyridine rings is 1. The second kappa shape index (κ2) is 7.44. The van der Waals surface area contributed by atoms with Crippen LogP contribution in [0, 0.1) is 27.7 Å². The second-order valence-electron chi connectivity index (χ2n) is 7.57. The van der Waals surface area contributed by atoms with E-state index in [0.29, 0.717) is 0 Å². The van der Waals surface area contributed by atoms with Gasteiger partial charge in [0, 0.05) is 17.3 Å². The van der Waals surface area contributed by atoms with Crippen molar-refractivity contribution < 1.29 is 0 Å². The monoisotopic (exact) mass is 363 g/mol. The zero-order valence-corrected chi connectivity index (χ0v) is 17.0.